The van der Waals surface area contributed by atoms with Crippen LogP contribution in [0.2, 0.25) is 0 Å². The van der Waals surface area contributed by atoms with Gasteiger partial charge in [0.2, 0.25) is 0 Å². The van der Waals surface area contributed by atoms with Gasteiger partial charge in [0.15, 0.2) is 0 Å². The van der Waals surface area contributed by atoms with Gasteiger partial charge < -0.3 is 9.47 Å². The Kier molecular flexibility index (Phi) is 9.20. The zero-order valence-corrected chi connectivity index (χ0v) is 41.6. The average Bonchev–Trinajstić information content (AvgIpc) is 4.27. The van der Waals surface area contributed by atoms with E-state index in [0.29, 0.717) is 0 Å². The van der Waals surface area contributed by atoms with Gasteiger partial charge in [0, 0.05) is 33.4 Å². The minimum absolute atomic E-state index is 0.627. The quantitative estimate of drug-likeness (QED) is 0.161. The summed E-state index contributed by atoms with van der Waals surface area (Å²) in [6.45, 7) is 0. The van der Waals surface area contributed by atoms with Gasteiger partial charge in [-0.05, 0) is 132 Å². The summed E-state index contributed by atoms with van der Waals surface area (Å²) in [5, 5.41) is 2.44. The molecule has 354 valence electrons. The van der Waals surface area contributed by atoms with E-state index >= 15 is 0 Å². The highest BCUT2D eigenvalue weighted by molar-refractivity contribution is 6.11. The lowest BCUT2D eigenvalue weighted by Gasteiger charge is -2.50. The molecule has 12 aromatic carbocycles. The number of benzene rings is 12. The topological polar surface area (TPSA) is 8.17 Å². The van der Waals surface area contributed by atoms with Gasteiger partial charge >= 0.3 is 0 Å². The summed E-state index contributed by atoms with van der Waals surface area (Å²) in [6.07, 6.45) is 0. The number of fused-ring (bicyclic) bond motifs is 19. The molecule has 0 saturated heterocycles. The number of hydrogen-bond donors (Lipinski definition) is 0. The number of rotatable bonds is 6. The zero-order chi connectivity index (χ0) is 50.0. The predicted octanol–water partition coefficient (Wildman–Crippen LogP) is 18.6. The second kappa shape index (κ2) is 16.4. The Hall–Kier alpha value is -9.76. The van der Waals surface area contributed by atoms with Crippen LogP contribution in [0.25, 0.3) is 72.0 Å². The first-order valence-corrected chi connectivity index (χ1v) is 26.5. The molecule has 3 aliphatic rings. The summed E-state index contributed by atoms with van der Waals surface area (Å²) in [4.78, 5) is 2.58. The number of nitrogens with zero attached hydrogens (tertiary/aromatic N) is 2. The Bertz CT molecular complexity index is 4360. The third-order valence-corrected chi connectivity index (χ3v) is 17.1. The van der Waals surface area contributed by atoms with Gasteiger partial charge in [0.05, 0.1) is 27.6 Å². The number of para-hydroxylation sites is 1. The Morgan fingerprint density at radius 2 is 0.671 bits per heavy atom. The molecule has 0 radical (unpaired) electrons. The molecule has 0 fully saturated rings. The van der Waals surface area contributed by atoms with E-state index in [1.165, 1.54) is 105 Å². The van der Waals surface area contributed by atoms with Crippen LogP contribution in [0.15, 0.2) is 291 Å². The molecule has 1 heterocycles. The van der Waals surface area contributed by atoms with E-state index < -0.39 is 10.8 Å². The van der Waals surface area contributed by atoms with E-state index in [4.69, 9.17) is 0 Å². The summed E-state index contributed by atoms with van der Waals surface area (Å²) in [5.41, 5.74) is 25.8. The molecule has 0 atom stereocenters. The fourth-order valence-electron chi connectivity index (χ4n) is 14.1. The second-order valence-electron chi connectivity index (χ2n) is 20.6. The SMILES string of the molecule is c1ccc(-c2ccc(N(c3ccc4c5ccccc5n(-c5ccc(-c6ccccc6)cc5)c4c3)c3cccc4c3C3(c5ccccc5-c5ccccc53)c3ccccc3C43c4ccccc4-c4ccccc43)cc2)cc1. The maximum absolute atomic E-state index is 2.58. The Morgan fingerprint density at radius 1 is 0.263 bits per heavy atom. The number of anilines is 3. The van der Waals surface area contributed by atoms with E-state index in [-0.39, 0.29) is 0 Å². The van der Waals surface area contributed by atoms with Crippen molar-refractivity contribution in [2.75, 3.05) is 4.90 Å². The van der Waals surface area contributed by atoms with Crippen molar-refractivity contribution >= 4 is 38.9 Å². The van der Waals surface area contributed by atoms with Gasteiger partial charge in [0.25, 0.3) is 0 Å². The Balaban J connectivity index is 1.03. The van der Waals surface area contributed by atoms with Crippen molar-refractivity contribution in [2.24, 2.45) is 0 Å². The molecular weight excluding hydrogens is 917 g/mol. The summed E-state index contributed by atoms with van der Waals surface area (Å²) in [6, 6.07) is 109. The molecule has 1 aromatic heterocycles. The molecule has 13 aromatic rings. The molecule has 0 amide bonds. The number of aromatic nitrogens is 1. The van der Waals surface area contributed by atoms with E-state index in [1.807, 2.05) is 0 Å². The third-order valence-electron chi connectivity index (χ3n) is 17.1. The molecule has 2 spiro atoms. The van der Waals surface area contributed by atoms with Crippen molar-refractivity contribution in [1.82, 2.24) is 4.57 Å². The van der Waals surface area contributed by atoms with Crippen molar-refractivity contribution in [3.05, 3.63) is 336 Å². The van der Waals surface area contributed by atoms with Gasteiger partial charge in [0.1, 0.15) is 0 Å². The van der Waals surface area contributed by atoms with Crippen LogP contribution in [-0.2, 0) is 10.8 Å². The van der Waals surface area contributed by atoms with Crippen LogP contribution in [0.3, 0.4) is 0 Å². The molecule has 3 aliphatic carbocycles. The van der Waals surface area contributed by atoms with Crippen LogP contribution in [-0.4, -0.2) is 4.57 Å². The van der Waals surface area contributed by atoms with Gasteiger partial charge in [-0.25, -0.2) is 0 Å². The van der Waals surface area contributed by atoms with E-state index in [1.54, 1.807) is 0 Å². The van der Waals surface area contributed by atoms with Crippen molar-refractivity contribution in [2.45, 2.75) is 10.8 Å². The molecule has 16 rings (SSSR count). The molecule has 0 saturated carbocycles. The summed E-state index contributed by atoms with van der Waals surface area (Å²) in [7, 11) is 0. The van der Waals surface area contributed by atoms with Crippen molar-refractivity contribution in [3.63, 3.8) is 0 Å². The second-order valence-corrected chi connectivity index (χ2v) is 20.6. The molecule has 0 aliphatic heterocycles. The first-order valence-electron chi connectivity index (χ1n) is 26.5. The lowest BCUT2D eigenvalue weighted by atomic mass is 9.52. The van der Waals surface area contributed by atoms with Crippen LogP contribution < -0.4 is 4.90 Å². The predicted molar refractivity (Wildman–Crippen MR) is 315 cm³/mol. The van der Waals surface area contributed by atoms with Gasteiger partial charge in [-0.2, -0.15) is 0 Å². The zero-order valence-electron chi connectivity index (χ0n) is 41.6. The highest BCUT2D eigenvalue weighted by Gasteiger charge is 2.60. The monoisotopic (exact) mass is 964 g/mol. The fourth-order valence-corrected chi connectivity index (χ4v) is 14.1. The van der Waals surface area contributed by atoms with Crippen LogP contribution in [0, 0.1) is 0 Å². The molecular formula is C74H48N2. The standard InChI is InChI=1S/C74H48N2/c1-3-20-49(21-4-1)51-38-42-53(43-39-51)75(55-46-47-61-60-28-11-18-36-69(60)76(71(61)48-55)54-44-40-52(41-45-54)50-22-5-2-6-23-50)70-37-19-35-68-72(70)74(64-31-14-9-26-58(64)59-27-10-15-32-65(59)74)67-34-17-16-33-66(67)73(68)62-29-12-7-24-56(62)57-25-8-13-30-63(57)73/h1-48H. The molecule has 2 heteroatoms. The van der Waals surface area contributed by atoms with Crippen LogP contribution in [0.5, 0.6) is 0 Å². The largest absolute Gasteiger partial charge is 0.310 e. The van der Waals surface area contributed by atoms with E-state index in [2.05, 4.69) is 301 Å². The normalized spacial score (nSPS) is 13.7. The summed E-state index contributed by atoms with van der Waals surface area (Å²) in [5.74, 6) is 0. The van der Waals surface area contributed by atoms with E-state index in [9.17, 15) is 0 Å². The minimum Gasteiger partial charge on any atom is -0.310 e. The Morgan fingerprint density at radius 3 is 1.24 bits per heavy atom. The average molecular weight is 965 g/mol. The molecule has 0 bridgehead atoms. The van der Waals surface area contributed by atoms with Crippen LogP contribution >= 0.6 is 0 Å². The van der Waals surface area contributed by atoms with Crippen LogP contribution in [0.1, 0.15) is 44.5 Å². The first-order chi connectivity index (χ1) is 37.7. The lowest BCUT2D eigenvalue weighted by Crippen LogP contribution is -2.44. The van der Waals surface area contributed by atoms with Gasteiger partial charge in [-0.15, -0.1) is 0 Å². The van der Waals surface area contributed by atoms with Gasteiger partial charge in [-0.1, -0.05) is 243 Å². The highest BCUT2D eigenvalue weighted by Crippen LogP contribution is 2.69. The van der Waals surface area contributed by atoms with E-state index in [0.717, 1.165) is 28.3 Å². The molecule has 0 N–H and O–H groups in total. The fraction of sp³-hybridized carbons (Fsp3) is 0.0270. The molecule has 2 nitrogen and oxygen atoms in total. The third kappa shape index (κ3) is 5.76. The minimum atomic E-state index is -0.699. The molecule has 0 unspecified atom stereocenters. The number of hydrogen-bond acceptors (Lipinski definition) is 1. The first kappa shape index (κ1) is 42.7. The van der Waals surface area contributed by atoms with Crippen LogP contribution in [0.4, 0.5) is 17.1 Å². The lowest BCUT2D eigenvalue weighted by molar-refractivity contribution is 0.633. The van der Waals surface area contributed by atoms with Gasteiger partial charge in [-0.3, -0.25) is 0 Å². The van der Waals surface area contributed by atoms with Crippen molar-refractivity contribution in [1.29, 1.82) is 0 Å². The molecule has 76 heavy (non-hydrogen) atoms. The van der Waals surface area contributed by atoms with Crippen molar-refractivity contribution in [3.8, 4) is 50.2 Å². The maximum Gasteiger partial charge on any atom is 0.0740 e. The summed E-state index contributed by atoms with van der Waals surface area (Å²) >= 11 is 0. The Labute approximate surface area is 442 Å². The highest BCUT2D eigenvalue weighted by atomic mass is 15.1. The summed E-state index contributed by atoms with van der Waals surface area (Å²) < 4.78 is 2.46. The smallest absolute Gasteiger partial charge is 0.0740 e. The maximum atomic E-state index is 2.58. The van der Waals surface area contributed by atoms with Crippen molar-refractivity contribution < 1.29 is 0 Å².